The molecule has 27 heavy (non-hydrogen) atoms. The van der Waals surface area contributed by atoms with Crippen molar-refractivity contribution in [2.45, 2.75) is 19.9 Å². The summed E-state index contributed by atoms with van der Waals surface area (Å²) in [6.45, 7) is 3.93. The summed E-state index contributed by atoms with van der Waals surface area (Å²) in [5.74, 6) is 1.19. The number of nitrogens with zero attached hydrogens (tertiary/aromatic N) is 3. The number of carbonyl (C=O) groups is 1. The van der Waals surface area contributed by atoms with E-state index in [0.717, 1.165) is 21.9 Å². The third-order valence-corrected chi connectivity index (χ3v) is 5.61. The fourth-order valence-electron chi connectivity index (χ4n) is 3.16. The monoisotopic (exact) mass is 381 g/mol. The second-order valence-electron chi connectivity index (χ2n) is 6.24. The zero-order valence-corrected chi connectivity index (χ0v) is 16.0. The Morgan fingerprint density at radius 3 is 2.70 bits per heavy atom. The average Bonchev–Trinajstić information content (AvgIpc) is 3.29. The quantitative estimate of drug-likeness (QED) is 0.722. The Morgan fingerprint density at radius 2 is 2.04 bits per heavy atom. The van der Waals surface area contributed by atoms with Crippen molar-refractivity contribution in [1.29, 1.82) is 0 Å². The second-order valence-corrected chi connectivity index (χ2v) is 7.19. The molecule has 1 aliphatic heterocycles. The summed E-state index contributed by atoms with van der Waals surface area (Å²) in [4.78, 5) is 18.5. The number of hydrogen-bond acceptors (Lipinski definition) is 6. The molecule has 0 bridgehead atoms. The summed E-state index contributed by atoms with van der Waals surface area (Å²) in [7, 11) is 1.61. The van der Waals surface area contributed by atoms with E-state index in [4.69, 9.17) is 4.74 Å². The number of ether oxygens (including phenoxy) is 1. The van der Waals surface area contributed by atoms with E-state index < -0.39 is 0 Å². The number of benzene rings is 1. The van der Waals surface area contributed by atoms with Crippen LogP contribution in [-0.2, 0) is 4.79 Å². The van der Waals surface area contributed by atoms with Gasteiger partial charge in [-0.25, -0.2) is 4.68 Å². The van der Waals surface area contributed by atoms with Crippen molar-refractivity contribution < 1.29 is 9.53 Å². The number of carbonyl (C=O) groups excluding carboxylic acids is 1. The van der Waals surface area contributed by atoms with E-state index in [1.165, 1.54) is 6.33 Å². The van der Waals surface area contributed by atoms with Gasteiger partial charge in [0.25, 0.3) is 5.91 Å². The fourth-order valence-corrected chi connectivity index (χ4v) is 4.18. The summed E-state index contributed by atoms with van der Waals surface area (Å²) in [6.07, 6.45) is 1.50. The van der Waals surface area contributed by atoms with Gasteiger partial charge in [0.1, 0.15) is 18.1 Å². The molecule has 0 spiro atoms. The van der Waals surface area contributed by atoms with Crippen molar-refractivity contribution in [1.82, 2.24) is 14.8 Å². The van der Waals surface area contributed by atoms with E-state index in [1.807, 2.05) is 49.6 Å². The normalized spacial score (nSPS) is 15.9. The Labute approximate surface area is 160 Å². The molecule has 3 heterocycles. The van der Waals surface area contributed by atoms with Gasteiger partial charge in [0, 0.05) is 16.3 Å². The highest BCUT2D eigenvalue weighted by Gasteiger charge is 2.34. The van der Waals surface area contributed by atoms with Crippen molar-refractivity contribution in [3.8, 4) is 5.75 Å². The summed E-state index contributed by atoms with van der Waals surface area (Å²) < 4.78 is 6.93. The first-order chi connectivity index (χ1) is 13.1. The minimum Gasteiger partial charge on any atom is -0.497 e. The molecule has 1 amide bonds. The van der Waals surface area contributed by atoms with E-state index in [9.17, 15) is 4.79 Å². The molecule has 1 atom stereocenters. The highest BCUT2D eigenvalue weighted by molar-refractivity contribution is 7.10. The topological polar surface area (TPSA) is 81.1 Å². The molecule has 1 aliphatic rings. The van der Waals surface area contributed by atoms with Crippen LogP contribution in [0.5, 0.6) is 5.75 Å². The van der Waals surface area contributed by atoms with Crippen LogP contribution >= 0.6 is 11.3 Å². The standard InChI is InChI=1S/C19H19N5O2S/c1-11-8-9-27-17(11)16-15(12(2)22-19-20-10-21-24(16)19)18(25)23-13-4-6-14(26-3)7-5-13/h4-10,16H,1-3H3,(H,23,25)(H,20,21,22)/t16-/m1/s1. The predicted molar refractivity (Wildman–Crippen MR) is 105 cm³/mol. The number of aryl methyl sites for hydroxylation is 1. The summed E-state index contributed by atoms with van der Waals surface area (Å²) in [6, 6.07) is 8.98. The van der Waals surface area contributed by atoms with Crippen LogP contribution in [0.3, 0.4) is 0 Å². The molecule has 2 aromatic heterocycles. The molecule has 1 aromatic carbocycles. The van der Waals surface area contributed by atoms with Crippen molar-refractivity contribution >= 4 is 28.9 Å². The third kappa shape index (κ3) is 3.08. The molecule has 2 N–H and O–H groups in total. The van der Waals surface area contributed by atoms with Crippen LogP contribution in [0.2, 0.25) is 0 Å². The lowest BCUT2D eigenvalue weighted by atomic mass is 9.99. The summed E-state index contributed by atoms with van der Waals surface area (Å²) in [5, 5.41) is 12.5. The Kier molecular flexibility index (Phi) is 4.41. The molecule has 3 aromatic rings. The molecule has 0 saturated carbocycles. The minimum atomic E-state index is -0.318. The first-order valence-electron chi connectivity index (χ1n) is 8.45. The number of anilines is 2. The van der Waals surface area contributed by atoms with E-state index in [1.54, 1.807) is 23.1 Å². The van der Waals surface area contributed by atoms with Crippen LogP contribution in [0, 0.1) is 6.92 Å². The third-order valence-electron chi connectivity index (χ3n) is 4.54. The molecule has 4 rings (SSSR count). The molecule has 0 unspecified atom stereocenters. The fraction of sp³-hybridized carbons (Fsp3) is 0.211. The van der Waals surface area contributed by atoms with Crippen molar-refractivity contribution in [2.75, 3.05) is 17.7 Å². The molecule has 0 radical (unpaired) electrons. The molecule has 0 saturated heterocycles. The lowest BCUT2D eigenvalue weighted by molar-refractivity contribution is -0.113. The van der Waals surface area contributed by atoms with Gasteiger partial charge in [-0.05, 0) is 55.1 Å². The lowest BCUT2D eigenvalue weighted by Gasteiger charge is -2.28. The molecule has 7 nitrogen and oxygen atoms in total. The van der Waals surface area contributed by atoms with Gasteiger partial charge < -0.3 is 15.4 Å². The zero-order valence-electron chi connectivity index (χ0n) is 15.2. The van der Waals surface area contributed by atoms with Crippen LogP contribution < -0.4 is 15.4 Å². The van der Waals surface area contributed by atoms with Gasteiger partial charge in [0.05, 0.1) is 12.7 Å². The van der Waals surface area contributed by atoms with Crippen LogP contribution in [-0.4, -0.2) is 27.8 Å². The predicted octanol–water partition coefficient (Wildman–Crippen LogP) is 3.58. The van der Waals surface area contributed by atoms with Gasteiger partial charge in [0.15, 0.2) is 0 Å². The SMILES string of the molecule is COc1ccc(NC(=O)C2=C(C)Nc3ncnn3[C@H]2c2sccc2C)cc1. The zero-order chi connectivity index (χ0) is 19.0. The Balaban J connectivity index is 1.72. The molecule has 8 heteroatoms. The van der Waals surface area contributed by atoms with Gasteiger partial charge in [-0.3, -0.25) is 4.79 Å². The maximum absolute atomic E-state index is 13.2. The number of amides is 1. The first-order valence-corrected chi connectivity index (χ1v) is 9.33. The number of methoxy groups -OCH3 is 1. The molecule has 138 valence electrons. The largest absolute Gasteiger partial charge is 0.497 e. The van der Waals surface area contributed by atoms with Crippen molar-refractivity contribution in [3.63, 3.8) is 0 Å². The van der Waals surface area contributed by atoms with E-state index in [2.05, 4.69) is 20.7 Å². The van der Waals surface area contributed by atoms with Crippen LogP contribution in [0.4, 0.5) is 11.6 Å². The summed E-state index contributed by atoms with van der Waals surface area (Å²) in [5.41, 5.74) is 3.21. The van der Waals surface area contributed by atoms with Gasteiger partial charge in [0.2, 0.25) is 5.95 Å². The number of hydrogen-bond donors (Lipinski definition) is 2. The first kappa shape index (κ1) is 17.3. The average molecular weight is 381 g/mol. The number of thiophene rings is 1. The van der Waals surface area contributed by atoms with Gasteiger partial charge >= 0.3 is 0 Å². The van der Waals surface area contributed by atoms with Crippen molar-refractivity contribution in [2.24, 2.45) is 0 Å². The number of fused-ring (bicyclic) bond motifs is 1. The number of rotatable bonds is 4. The minimum absolute atomic E-state index is 0.177. The highest BCUT2D eigenvalue weighted by atomic mass is 32.1. The number of allylic oxidation sites excluding steroid dienone is 1. The Bertz CT molecular complexity index is 1020. The van der Waals surface area contributed by atoms with Crippen molar-refractivity contribution in [3.05, 3.63) is 63.7 Å². The molecule has 0 aliphatic carbocycles. The van der Waals surface area contributed by atoms with Crippen LogP contribution in [0.15, 0.2) is 53.3 Å². The molecule has 0 fully saturated rings. The van der Waals surface area contributed by atoms with E-state index >= 15 is 0 Å². The smallest absolute Gasteiger partial charge is 0.255 e. The maximum Gasteiger partial charge on any atom is 0.255 e. The van der Waals surface area contributed by atoms with E-state index in [0.29, 0.717) is 17.2 Å². The highest BCUT2D eigenvalue weighted by Crippen LogP contribution is 2.38. The van der Waals surface area contributed by atoms with Crippen LogP contribution in [0.1, 0.15) is 23.4 Å². The number of nitrogens with one attached hydrogen (secondary N) is 2. The number of aromatic nitrogens is 3. The van der Waals surface area contributed by atoms with Gasteiger partial charge in [-0.2, -0.15) is 10.1 Å². The Hall–Kier alpha value is -3.13. The maximum atomic E-state index is 13.2. The second kappa shape index (κ2) is 6.88. The van der Waals surface area contributed by atoms with Crippen LogP contribution in [0.25, 0.3) is 0 Å². The van der Waals surface area contributed by atoms with E-state index in [-0.39, 0.29) is 11.9 Å². The van der Waals surface area contributed by atoms with Gasteiger partial charge in [-0.1, -0.05) is 0 Å². The van der Waals surface area contributed by atoms with Gasteiger partial charge in [-0.15, -0.1) is 11.3 Å². The summed E-state index contributed by atoms with van der Waals surface area (Å²) >= 11 is 1.61. The molecular formula is C19H19N5O2S. The molecular weight excluding hydrogens is 362 g/mol. The lowest BCUT2D eigenvalue weighted by Crippen LogP contribution is -2.31. The Morgan fingerprint density at radius 1 is 1.26 bits per heavy atom.